The van der Waals surface area contributed by atoms with Crippen LogP contribution < -0.4 is 0 Å². The molecule has 0 aromatic carbocycles. The summed E-state index contributed by atoms with van der Waals surface area (Å²) in [4.78, 5) is 7.76. The van der Waals surface area contributed by atoms with E-state index in [-0.39, 0.29) is 13.2 Å². The molecule has 2 aromatic rings. The van der Waals surface area contributed by atoms with E-state index in [1.54, 1.807) is 22.7 Å². The lowest BCUT2D eigenvalue weighted by Crippen LogP contribution is -2.29. The van der Waals surface area contributed by atoms with E-state index in [0.717, 1.165) is 10.7 Å². The molecule has 0 saturated carbocycles. The Balaban J connectivity index is 2.01. The molecule has 0 bridgehead atoms. The fourth-order valence-corrected chi connectivity index (χ4v) is 3.30. The van der Waals surface area contributed by atoms with Crippen LogP contribution in [0.5, 0.6) is 0 Å². The minimum atomic E-state index is 0.0991. The normalized spacial score (nSPS) is 11.3. The molecule has 2 rings (SSSR count). The standard InChI is InChI=1S/C12H16N2O2S2/c15-5-3-14(4-6-16)8-10-9-18-12(13-10)11-2-1-7-17-11/h1-2,7,9,15-16H,3-6,8H2. The number of rotatable bonds is 7. The summed E-state index contributed by atoms with van der Waals surface area (Å²) in [5.41, 5.74) is 0.991. The van der Waals surface area contributed by atoms with Crippen LogP contribution in [0.1, 0.15) is 5.69 Å². The van der Waals surface area contributed by atoms with Gasteiger partial charge in [-0.25, -0.2) is 4.98 Å². The molecule has 0 radical (unpaired) electrons. The minimum absolute atomic E-state index is 0.0991. The van der Waals surface area contributed by atoms with Gasteiger partial charge in [-0.3, -0.25) is 4.90 Å². The maximum Gasteiger partial charge on any atom is 0.133 e. The van der Waals surface area contributed by atoms with Crippen molar-refractivity contribution in [2.75, 3.05) is 26.3 Å². The SMILES string of the molecule is OCCN(CCO)Cc1csc(-c2cccs2)n1. The molecular weight excluding hydrogens is 268 g/mol. The third kappa shape index (κ3) is 3.60. The second kappa shape index (κ2) is 6.96. The fraction of sp³-hybridized carbons (Fsp3) is 0.417. The third-order valence-corrected chi connectivity index (χ3v) is 4.43. The lowest BCUT2D eigenvalue weighted by atomic mass is 10.4. The summed E-state index contributed by atoms with van der Waals surface area (Å²) in [6.07, 6.45) is 0. The van der Waals surface area contributed by atoms with Gasteiger partial charge in [0.15, 0.2) is 0 Å². The molecule has 0 spiro atoms. The van der Waals surface area contributed by atoms with Crippen LogP contribution in [0.15, 0.2) is 22.9 Å². The number of aliphatic hydroxyl groups excluding tert-OH is 2. The van der Waals surface area contributed by atoms with Gasteiger partial charge in [0.2, 0.25) is 0 Å². The first kappa shape index (κ1) is 13.6. The van der Waals surface area contributed by atoms with Crippen molar-refractivity contribution in [2.24, 2.45) is 0 Å². The molecule has 98 valence electrons. The Morgan fingerprint density at radius 1 is 1.17 bits per heavy atom. The Labute approximate surface area is 114 Å². The maximum absolute atomic E-state index is 8.96. The number of aromatic nitrogens is 1. The summed E-state index contributed by atoms with van der Waals surface area (Å²) in [6.45, 7) is 1.99. The van der Waals surface area contributed by atoms with Crippen LogP contribution in [-0.4, -0.2) is 46.4 Å². The quantitative estimate of drug-likeness (QED) is 0.812. The molecule has 2 aromatic heterocycles. The summed E-state index contributed by atoms with van der Waals surface area (Å²) in [5.74, 6) is 0. The number of thiazole rings is 1. The second-order valence-electron chi connectivity index (χ2n) is 3.84. The van der Waals surface area contributed by atoms with E-state index in [4.69, 9.17) is 10.2 Å². The molecule has 0 fully saturated rings. The second-order valence-corrected chi connectivity index (χ2v) is 5.65. The van der Waals surface area contributed by atoms with Crippen LogP contribution in [0, 0.1) is 0 Å². The fourth-order valence-electron chi connectivity index (χ4n) is 1.67. The lowest BCUT2D eigenvalue weighted by molar-refractivity contribution is 0.155. The van der Waals surface area contributed by atoms with Gasteiger partial charge in [0.1, 0.15) is 5.01 Å². The molecule has 6 heteroatoms. The predicted octanol–water partition coefficient (Wildman–Crippen LogP) is 1.66. The Kier molecular flexibility index (Phi) is 5.27. The highest BCUT2D eigenvalue weighted by molar-refractivity contribution is 7.20. The Hall–Kier alpha value is -0.790. The average molecular weight is 284 g/mol. The zero-order valence-electron chi connectivity index (χ0n) is 9.95. The highest BCUT2D eigenvalue weighted by atomic mass is 32.1. The number of hydrogen-bond acceptors (Lipinski definition) is 6. The summed E-state index contributed by atoms with van der Waals surface area (Å²) in [6, 6.07) is 4.08. The van der Waals surface area contributed by atoms with Gasteiger partial charge in [0.05, 0.1) is 23.8 Å². The van der Waals surface area contributed by atoms with E-state index in [0.29, 0.717) is 19.6 Å². The highest BCUT2D eigenvalue weighted by Crippen LogP contribution is 2.28. The van der Waals surface area contributed by atoms with Crippen molar-refractivity contribution in [3.8, 4) is 9.88 Å². The first-order chi connectivity index (χ1) is 8.83. The average Bonchev–Trinajstić information content (AvgIpc) is 2.98. The summed E-state index contributed by atoms with van der Waals surface area (Å²) >= 11 is 3.32. The van der Waals surface area contributed by atoms with Gasteiger partial charge < -0.3 is 10.2 Å². The van der Waals surface area contributed by atoms with Crippen LogP contribution in [-0.2, 0) is 6.54 Å². The van der Waals surface area contributed by atoms with E-state index < -0.39 is 0 Å². The molecule has 0 saturated heterocycles. The summed E-state index contributed by atoms with van der Waals surface area (Å²) in [7, 11) is 0. The van der Waals surface area contributed by atoms with Crippen molar-refractivity contribution in [3.05, 3.63) is 28.6 Å². The van der Waals surface area contributed by atoms with E-state index in [1.165, 1.54) is 4.88 Å². The number of nitrogens with zero attached hydrogens (tertiary/aromatic N) is 2. The van der Waals surface area contributed by atoms with E-state index in [1.807, 2.05) is 21.7 Å². The molecule has 0 aliphatic carbocycles. The van der Waals surface area contributed by atoms with Crippen molar-refractivity contribution >= 4 is 22.7 Å². The van der Waals surface area contributed by atoms with E-state index in [2.05, 4.69) is 11.1 Å². The molecule has 2 heterocycles. The van der Waals surface area contributed by atoms with Gasteiger partial charge in [-0.15, -0.1) is 22.7 Å². The molecule has 2 N–H and O–H groups in total. The zero-order valence-corrected chi connectivity index (χ0v) is 11.6. The molecule has 0 aliphatic heterocycles. The highest BCUT2D eigenvalue weighted by Gasteiger charge is 2.09. The number of thiophene rings is 1. The molecule has 0 unspecified atom stereocenters. The molecule has 4 nitrogen and oxygen atoms in total. The Morgan fingerprint density at radius 2 is 1.94 bits per heavy atom. The Bertz CT molecular complexity index is 450. The van der Waals surface area contributed by atoms with Crippen molar-refractivity contribution in [1.29, 1.82) is 0 Å². The third-order valence-electron chi connectivity index (χ3n) is 2.50. The smallest absolute Gasteiger partial charge is 0.133 e. The topological polar surface area (TPSA) is 56.6 Å². The van der Waals surface area contributed by atoms with Crippen LogP contribution in [0.3, 0.4) is 0 Å². The van der Waals surface area contributed by atoms with Gasteiger partial charge in [0, 0.05) is 25.0 Å². The molecular formula is C12H16N2O2S2. The lowest BCUT2D eigenvalue weighted by Gasteiger charge is -2.18. The van der Waals surface area contributed by atoms with Crippen LogP contribution in [0.4, 0.5) is 0 Å². The maximum atomic E-state index is 8.96. The van der Waals surface area contributed by atoms with E-state index >= 15 is 0 Å². The first-order valence-electron chi connectivity index (χ1n) is 5.76. The monoisotopic (exact) mass is 284 g/mol. The largest absolute Gasteiger partial charge is 0.395 e. The van der Waals surface area contributed by atoms with Gasteiger partial charge in [-0.2, -0.15) is 0 Å². The van der Waals surface area contributed by atoms with Crippen LogP contribution in [0.25, 0.3) is 9.88 Å². The van der Waals surface area contributed by atoms with Gasteiger partial charge in [0.25, 0.3) is 0 Å². The van der Waals surface area contributed by atoms with Crippen molar-refractivity contribution in [2.45, 2.75) is 6.54 Å². The molecule has 0 amide bonds. The number of hydrogen-bond donors (Lipinski definition) is 2. The summed E-state index contributed by atoms with van der Waals surface area (Å²) < 4.78 is 0. The minimum Gasteiger partial charge on any atom is -0.395 e. The Morgan fingerprint density at radius 3 is 2.56 bits per heavy atom. The zero-order chi connectivity index (χ0) is 12.8. The van der Waals surface area contributed by atoms with Crippen molar-refractivity contribution < 1.29 is 10.2 Å². The molecule has 18 heavy (non-hydrogen) atoms. The van der Waals surface area contributed by atoms with E-state index in [9.17, 15) is 0 Å². The van der Waals surface area contributed by atoms with Gasteiger partial charge in [-0.05, 0) is 11.4 Å². The van der Waals surface area contributed by atoms with Crippen LogP contribution in [0.2, 0.25) is 0 Å². The molecule has 0 aliphatic rings. The predicted molar refractivity (Wildman–Crippen MR) is 74.9 cm³/mol. The first-order valence-corrected chi connectivity index (χ1v) is 7.51. The van der Waals surface area contributed by atoms with Crippen molar-refractivity contribution in [3.63, 3.8) is 0 Å². The summed E-state index contributed by atoms with van der Waals surface area (Å²) in [5, 5.41) is 23.0. The molecule has 0 atom stereocenters. The van der Waals surface area contributed by atoms with Gasteiger partial charge >= 0.3 is 0 Å². The number of aliphatic hydroxyl groups is 2. The van der Waals surface area contributed by atoms with Crippen molar-refractivity contribution in [1.82, 2.24) is 9.88 Å². The van der Waals surface area contributed by atoms with Gasteiger partial charge in [-0.1, -0.05) is 6.07 Å². The van der Waals surface area contributed by atoms with Crippen LogP contribution >= 0.6 is 22.7 Å².